The number of hydrogen-bond acceptors (Lipinski definition) is 4. The molecule has 0 fully saturated rings. The highest BCUT2D eigenvalue weighted by Crippen LogP contribution is 2.24. The van der Waals surface area contributed by atoms with Crippen LogP contribution in [0.25, 0.3) is 23.1 Å². The Morgan fingerprint density at radius 3 is 2.86 bits per heavy atom. The molecule has 110 valence electrons. The Hall–Kier alpha value is -2.46. The molecule has 0 spiro atoms. The van der Waals surface area contributed by atoms with Crippen LogP contribution in [0, 0.1) is 0 Å². The van der Waals surface area contributed by atoms with Gasteiger partial charge >= 0.3 is 5.97 Å². The molecule has 0 radical (unpaired) electrons. The van der Waals surface area contributed by atoms with Crippen LogP contribution in [0.2, 0.25) is 0 Å². The highest BCUT2D eigenvalue weighted by atomic mass is 32.1. The number of rotatable bonds is 4. The molecule has 3 rings (SSSR count). The van der Waals surface area contributed by atoms with Crippen LogP contribution in [0.1, 0.15) is 27.7 Å². The zero-order valence-electron chi connectivity index (χ0n) is 12.2. The van der Waals surface area contributed by atoms with Crippen LogP contribution in [-0.4, -0.2) is 17.6 Å². The molecule has 0 amide bonds. The maximum Gasteiger partial charge on any atom is 0.340 e. The second kappa shape index (κ2) is 6.54. The van der Waals surface area contributed by atoms with Gasteiger partial charge in [-0.15, -0.1) is 11.3 Å². The Bertz CT molecular complexity index is 822. The summed E-state index contributed by atoms with van der Waals surface area (Å²) in [5.74, 6) is -0.341. The van der Waals surface area contributed by atoms with Crippen molar-refractivity contribution in [3.63, 3.8) is 0 Å². The molecule has 0 unspecified atom stereocenters. The van der Waals surface area contributed by atoms with E-state index >= 15 is 0 Å². The first-order valence-corrected chi connectivity index (χ1v) is 7.94. The topological polar surface area (TPSA) is 39.2 Å². The largest absolute Gasteiger partial charge is 0.462 e. The highest BCUT2D eigenvalue weighted by molar-refractivity contribution is 7.10. The number of esters is 1. The number of para-hydroxylation sites is 1. The fourth-order valence-corrected chi connectivity index (χ4v) is 2.88. The third-order valence-electron chi connectivity index (χ3n) is 3.27. The normalized spacial score (nSPS) is 11.1. The molecular weight excluding hydrogens is 294 g/mol. The Balaban J connectivity index is 2.14. The summed E-state index contributed by atoms with van der Waals surface area (Å²) in [7, 11) is 0. The van der Waals surface area contributed by atoms with Gasteiger partial charge in [0.2, 0.25) is 0 Å². The summed E-state index contributed by atoms with van der Waals surface area (Å²) in [4.78, 5) is 17.7. The van der Waals surface area contributed by atoms with Gasteiger partial charge in [0.15, 0.2) is 0 Å². The van der Waals surface area contributed by atoms with Crippen molar-refractivity contribution in [3.05, 3.63) is 64.0 Å². The van der Waals surface area contributed by atoms with Gasteiger partial charge in [-0.2, -0.15) is 0 Å². The minimum atomic E-state index is -0.341. The molecule has 0 N–H and O–H groups in total. The van der Waals surface area contributed by atoms with Gasteiger partial charge in [0.1, 0.15) is 0 Å². The molecule has 0 aliphatic carbocycles. The lowest BCUT2D eigenvalue weighted by Gasteiger charge is -2.08. The summed E-state index contributed by atoms with van der Waals surface area (Å²) in [6.07, 6.45) is 5.56. The van der Waals surface area contributed by atoms with E-state index < -0.39 is 0 Å². The first kappa shape index (κ1) is 14.5. The fourth-order valence-electron chi connectivity index (χ4n) is 2.27. The van der Waals surface area contributed by atoms with E-state index in [4.69, 9.17) is 4.74 Å². The Morgan fingerprint density at radius 2 is 2.09 bits per heavy atom. The van der Waals surface area contributed by atoms with Crippen molar-refractivity contribution in [1.82, 2.24) is 4.98 Å². The van der Waals surface area contributed by atoms with Crippen LogP contribution in [0.5, 0.6) is 0 Å². The SMILES string of the molecule is CCOC(=O)c1cnc2ccccc2c1C=Cc1cccs1. The zero-order chi connectivity index (χ0) is 15.4. The summed E-state index contributed by atoms with van der Waals surface area (Å²) in [6, 6.07) is 11.8. The minimum absolute atomic E-state index is 0.341. The van der Waals surface area contributed by atoms with Crippen molar-refractivity contribution >= 4 is 40.4 Å². The number of aromatic nitrogens is 1. The third kappa shape index (κ3) is 2.92. The van der Waals surface area contributed by atoms with E-state index in [0.29, 0.717) is 12.2 Å². The lowest BCUT2D eigenvalue weighted by molar-refractivity contribution is 0.0526. The predicted octanol–water partition coefficient (Wildman–Crippen LogP) is 4.64. The number of ether oxygens (including phenoxy) is 1. The molecule has 0 bridgehead atoms. The van der Waals surface area contributed by atoms with E-state index in [9.17, 15) is 4.79 Å². The molecule has 22 heavy (non-hydrogen) atoms. The van der Waals surface area contributed by atoms with E-state index in [1.165, 1.54) is 0 Å². The molecule has 0 saturated heterocycles. The standard InChI is InChI=1S/C18H15NO2S/c1-2-21-18(20)16-12-19-17-8-4-3-7-15(17)14(16)10-9-13-6-5-11-22-13/h3-12H,2H2,1H3. The molecular formula is C18H15NO2S. The van der Waals surface area contributed by atoms with Crippen LogP contribution in [0.15, 0.2) is 48.0 Å². The average Bonchev–Trinajstić information content (AvgIpc) is 3.06. The molecule has 0 aliphatic heterocycles. The molecule has 3 nitrogen and oxygen atoms in total. The van der Waals surface area contributed by atoms with Crippen LogP contribution < -0.4 is 0 Å². The number of thiophene rings is 1. The number of hydrogen-bond donors (Lipinski definition) is 0. The monoisotopic (exact) mass is 309 g/mol. The molecule has 3 aromatic rings. The van der Waals surface area contributed by atoms with E-state index in [0.717, 1.165) is 21.3 Å². The van der Waals surface area contributed by atoms with Crippen molar-refractivity contribution < 1.29 is 9.53 Å². The van der Waals surface area contributed by atoms with E-state index in [2.05, 4.69) is 4.98 Å². The zero-order valence-corrected chi connectivity index (χ0v) is 13.0. The van der Waals surface area contributed by atoms with Crippen LogP contribution >= 0.6 is 11.3 Å². The molecule has 4 heteroatoms. The number of benzene rings is 1. The molecule has 0 atom stereocenters. The predicted molar refractivity (Wildman–Crippen MR) is 90.9 cm³/mol. The van der Waals surface area contributed by atoms with Crippen LogP contribution in [0.4, 0.5) is 0 Å². The highest BCUT2D eigenvalue weighted by Gasteiger charge is 2.14. The van der Waals surface area contributed by atoms with Gasteiger partial charge in [0, 0.05) is 16.5 Å². The summed E-state index contributed by atoms with van der Waals surface area (Å²) >= 11 is 1.65. The Labute approximate surface area is 132 Å². The molecule has 0 saturated carbocycles. The van der Waals surface area contributed by atoms with E-state index in [1.54, 1.807) is 24.5 Å². The quantitative estimate of drug-likeness (QED) is 0.659. The first-order valence-electron chi connectivity index (χ1n) is 7.06. The minimum Gasteiger partial charge on any atom is -0.462 e. The van der Waals surface area contributed by atoms with E-state index in [-0.39, 0.29) is 5.97 Å². The van der Waals surface area contributed by atoms with Crippen molar-refractivity contribution in [1.29, 1.82) is 0 Å². The number of carbonyl (C=O) groups is 1. The lowest BCUT2D eigenvalue weighted by Crippen LogP contribution is -2.07. The Kier molecular flexibility index (Phi) is 4.30. The number of fused-ring (bicyclic) bond motifs is 1. The Morgan fingerprint density at radius 1 is 1.23 bits per heavy atom. The van der Waals surface area contributed by atoms with Gasteiger partial charge in [-0.05, 0) is 36.1 Å². The average molecular weight is 309 g/mol. The van der Waals surface area contributed by atoms with Crippen LogP contribution in [-0.2, 0) is 4.74 Å². The molecule has 0 aliphatic rings. The number of nitrogens with zero attached hydrogens (tertiary/aromatic N) is 1. The number of carbonyl (C=O) groups excluding carboxylic acids is 1. The maximum absolute atomic E-state index is 12.2. The van der Waals surface area contributed by atoms with Gasteiger partial charge in [-0.1, -0.05) is 30.3 Å². The summed E-state index contributed by atoms with van der Waals surface area (Å²) in [5.41, 5.74) is 2.20. The first-order chi connectivity index (χ1) is 10.8. The third-order valence-corrected chi connectivity index (χ3v) is 4.11. The van der Waals surface area contributed by atoms with Crippen molar-refractivity contribution in [3.8, 4) is 0 Å². The maximum atomic E-state index is 12.2. The van der Waals surface area contributed by atoms with Crippen LogP contribution in [0.3, 0.4) is 0 Å². The molecule has 2 aromatic heterocycles. The summed E-state index contributed by atoms with van der Waals surface area (Å²) < 4.78 is 5.14. The van der Waals surface area contributed by atoms with Crippen molar-refractivity contribution in [2.75, 3.05) is 6.61 Å². The van der Waals surface area contributed by atoms with Crippen molar-refractivity contribution in [2.24, 2.45) is 0 Å². The molecule has 2 heterocycles. The molecule has 1 aromatic carbocycles. The van der Waals surface area contributed by atoms with Crippen molar-refractivity contribution in [2.45, 2.75) is 6.92 Å². The number of pyridine rings is 1. The summed E-state index contributed by atoms with van der Waals surface area (Å²) in [6.45, 7) is 2.15. The summed E-state index contributed by atoms with van der Waals surface area (Å²) in [5, 5.41) is 2.97. The van der Waals surface area contributed by atoms with Gasteiger partial charge in [0.05, 0.1) is 17.7 Å². The lowest BCUT2D eigenvalue weighted by atomic mass is 10.0. The van der Waals surface area contributed by atoms with E-state index in [1.807, 2.05) is 53.9 Å². The van der Waals surface area contributed by atoms with Gasteiger partial charge < -0.3 is 4.74 Å². The van der Waals surface area contributed by atoms with Gasteiger partial charge in [-0.3, -0.25) is 4.98 Å². The van der Waals surface area contributed by atoms with Gasteiger partial charge in [0.25, 0.3) is 0 Å². The second-order valence-corrected chi connectivity index (χ2v) is 5.65. The van der Waals surface area contributed by atoms with Gasteiger partial charge in [-0.25, -0.2) is 4.79 Å². The second-order valence-electron chi connectivity index (χ2n) is 4.67. The smallest absolute Gasteiger partial charge is 0.340 e. The fraction of sp³-hybridized carbons (Fsp3) is 0.111.